The lowest BCUT2D eigenvalue weighted by molar-refractivity contribution is -0.136. The zero-order chi connectivity index (χ0) is 14.6. The molecule has 0 fully saturated rings. The van der Waals surface area contributed by atoms with Crippen molar-refractivity contribution in [1.82, 2.24) is 0 Å². The van der Waals surface area contributed by atoms with E-state index in [4.69, 9.17) is 15.2 Å². The molecular formula is C13H18F3NO2. The molecule has 0 spiro atoms. The van der Waals surface area contributed by atoms with Gasteiger partial charge in [-0.1, -0.05) is 0 Å². The van der Waals surface area contributed by atoms with Crippen molar-refractivity contribution in [3.63, 3.8) is 0 Å². The van der Waals surface area contributed by atoms with Crippen LogP contribution in [0.4, 0.5) is 13.2 Å². The summed E-state index contributed by atoms with van der Waals surface area (Å²) in [5, 5.41) is 0. The fraction of sp³-hybridized carbons (Fsp3) is 0.538. The lowest BCUT2D eigenvalue weighted by Crippen LogP contribution is -2.16. The van der Waals surface area contributed by atoms with Crippen molar-refractivity contribution < 1.29 is 22.6 Å². The number of alkyl halides is 3. The van der Waals surface area contributed by atoms with Crippen LogP contribution in [0.3, 0.4) is 0 Å². The molecule has 19 heavy (non-hydrogen) atoms. The number of benzene rings is 1. The highest BCUT2D eigenvalue weighted by atomic mass is 19.4. The minimum absolute atomic E-state index is 0.153. The largest absolute Gasteiger partial charge is 0.493 e. The van der Waals surface area contributed by atoms with Crippen molar-refractivity contribution in [2.75, 3.05) is 14.2 Å². The number of nitrogens with two attached hydrogens (primary N) is 1. The van der Waals surface area contributed by atoms with Crippen LogP contribution in [0.5, 0.6) is 11.5 Å². The van der Waals surface area contributed by atoms with Gasteiger partial charge in [-0.05, 0) is 36.6 Å². The van der Waals surface area contributed by atoms with Gasteiger partial charge in [0.1, 0.15) is 0 Å². The highest BCUT2D eigenvalue weighted by Crippen LogP contribution is 2.34. The average Bonchev–Trinajstić information content (AvgIpc) is 2.34. The number of rotatable bonds is 5. The molecule has 0 aliphatic heterocycles. The van der Waals surface area contributed by atoms with Gasteiger partial charge in [-0.15, -0.1) is 0 Å². The second-order valence-corrected chi connectivity index (χ2v) is 4.32. The number of ether oxygens (including phenoxy) is 2. The van der Waals surface area contributed by atoms with Gasteiger partial charge in [-0.2, -0.15) is 13.2 Å². The minimum Gasteiger partial charge on any atom is -0.493 e. The lowest BCUT2D eigenvalue weighted by atomic mass is 9.97. The molecule has 3 nitrogen and oxygen atoms in total. The maximum absolute atomic E-state index is 12.2. The number of aryl methyl sites for hydroxylation is 1. The predicted octanol–water partition coefficient (Wildman–Crippen LogP) is 3.35. The van der Waals surface area contributed by atoms with Gasteiger partial charge in [0.15, 0.2) is 11.5 Å². The second-order valence-electron chi connectivity index (χ2n) is 4.32. The standard InChI is InChI=1S/C13H18F3NO2/c1-8-6-11(18-2)12(19-3)7-9(8)10(17)4-5-13(14,15)16/h6-7,10H,4-5,17H2,1-3H3. The predicted molar refractivity (Wildman–Crippen MR) is 66.5 cm³/mol. The number of hydrogen-bond acceptors (Lipinski definition) is 3. The molecule has 2 N–H and O–H groups in total. The summed E-state index contributed by atoms with van der Waals surface area (Å²) in [5.41, 5.74) is 7.25. The first-order valence-electron chi connectivity index (χ1n) is 5.83. The molecule has 0 aliphatic carbocycles. The Balaban J connectivity index is 2.93. The smallest absolute Gasteiger partial charge is 0.389 e. The quantitative estimate of drug-likeness (QED) is 0.897. The van der Waals surface area contributed by atoms with E-state index in [1.54, 1.807) is 19.1 Å². The number of hydrogen-bond donors (Lipinski definition) is 1. The fourth-order valence-electron chi connectivity index (χ4n) is 1.87. The monoisotopic (exact) mass is 277 g/mol. The van der Waals surface area contributed by atoms with E-state index in [0.29, 0.717) is 17.1 Å². The molecule has 108 valence electrons. The molecule has 0 radical (unpaired) electrons. The second kappa shape index (κ2) is 6.14. The SMILES string of the molecule is COc1cc(C)c(C(N)CCC(F)(F)F)cc1OC. The minimum atomic E-state index is -4.19. The third-order valence-corrected chi connectivity index (χ3v) is 2.91. The zero-order valence-corrected chi connectivity index (χ0v) is 11.2. The molecular weight excluding hydrogens is 259 g/mol. The zero-order valence-electron chi connectivity index (χ0n) is 11.2. The third kappa shape index (κ3) is 4.31. The summed E-state index contributed by atoms with van der Waals surface area (Å²) in [6, 6.07) is 2.66. The Morgan fingerprint density at radius 3 is 2.16 bits per heavy atom. The molecule has 1 atom stereocenters. The maximum Gasteiger partial charge on any atom is 0.389 e. The lowest BCUT2D eigenvalue weighted by Gasteiger charge is -2.18. The first-order chi connectivity index (χ1) is 8.78. The fourth-order valence-corrected chi connectivity index (χ4v) is 1.87. The van der Waals surface area contributed by atoms with Crippen LogP contribution >= 0.6 is 0 Å². The van der Waals surface area contributed by atoms with Gasteiger partial charge < -0.3 is 15.2 Å². The maximum atomic E-state index is 12.2. The summed E-state index contributed by atoms with van der Waals surface area (Å²) < 4.78 is 46.8. The van der Waals surface area contributed by atoms with Crippen LogP contribution in [-0.4, -0.2) is 20.4 Å². The third-order valence-electron chi connectivity index (χ3n) is 2.91. The Kier molecular flexibility index (Phi) is 5.05. The molecule has 0 aliphatic rings. The van der Waals surface area contributed by atoms with E-state index >= 15 is 0 Å². The highest BCUT2D eigenvalue weighted by Gasteiger charge is 2.28. The van der Waals surface area contributed by atoms with Gasteiger partial charge in [0, 0.05) is 12.5 Å². The van der Waals surface area contributed by atoms with Crippen molar-refractivity contribution in [2.24, 2.45) is 5.73 Å². The van der Waals surface area contributed by atoms with Crippen LogP contribution in [-0.2, 0) is 0 Å². The topological polar surface area (TPSA) is 44.5 Å². The summed E-state index contributed by atoms with van der Waals surface area (Å²) in [5.74, 6) is 0.998. The van der Waals surface area contributed by atoms with Gasteiger partial charge in [0.2, 0.25) is 0 Å². The molecule has 0 saturated carbocycles. The summed E-state index contributed by atoms with van der Waals surface area (Å²) in [7, 11) is 2.97. The van der Waals surface area contributed by atoms with Crippen LogP contribution in [0.15, 0.2) is 12.1 Å². The number of methoxy groups -OCH3 is 2. The van der Waals surface area contributed by atoms with E-state index < -0.39 is 18.6 Å². The van der Waals surface area contributed by atoms with Crippen LogP contribution < -0.4 is 15.2 Å². The molecule has 0 aromatic heterocycles. The van der Waals surface area contributed by atoms with E-state index in [-0.39, 0.29) is 6.42 Å². The number of halogens is 3. The van der Waals surface area contributed by atoms with Gasteiger partial charge in [-0.3, -0.25) is 0 Å². The summed E-state index contributed by atoms with van der Waals surface area (Å²) in [6.45, 7) is 1.78. The first-order valence-corrected chi connectivity index (χ1v) is 5.83. The van der Waals surface area contributed by atoms with Crippen molar-refractivity contribution in [3.05, 3.63) is 23.3 Å². The molecule has 0 saturated heterocycles. The van der Waals surface area contributed by atoms with Crippen molar-refractivity contribution in [1.29, 1.82) is 0 Å². The first kappa shape index (κ1) is 15.6. The van der Waals surface area contributed by atoms with Crippen molar-refractivity contribution >= 4 is 0 Å². The van der Waals surface area contributed by atoms with E-state index in [1.165, 1.54) is 14.2 Å². The van der Waals surface area contributed by atoms with Crippen LogP contribution in [0.25, 0.3) is 0 Å². The Morgan fingerprint density at radius 2 is 1.68 bits per heavy atom. The van der Waals surface area contributed by atoms with Crippen LogP contribution in [0.2, 0.25) is 0 Å². The van der Waals surface area contributed by atoms with Crippen molar-refractivity contribution in [2.45, 2.75) is 32.0 Å². The van der Waals surface area contributed by atoms with Crippen LogP contribution in [0, 0.1) is 6.92 Å². The highest BCUT2D eigenvalue weighted by molar-refractivity contribution is 5.48. The molecule has 0 amide bonds. The van der Waals surface area contributed by atoms with E-state index in [9.17, 15) is 13.2 Å². The molecule has 6 heteroatoms. The molecule has 1 rings (SSSR count). The van der Waals surface area contributed by atoms with Gasteiger partial charge in [0.25, 0.3) is 0 Å². The Morgan fingerprint density at radius 1 is 1.16 bits per heavy atom. The van der Waals surface area contributed by atoms with Gasteiger partial charge in [0.05, 0.1) is 14.2 Å². The summed E-state index contributed by atoms with van der Waals surface area (Å²) in [4.78, 5) is 0. The van der Waals surface area contributed by atoms with Crippen molar-refractivity contribution in [3.8, 4) is 11.5 Å². The molecule has 1 aromatic rings. The Labute approximate surface area is 110 Å². The van der Waals surface area contributed by atoms with E-state index in [2.05, 4.69) is 0 Å². The molecule has 1 aromatic carbocycles. The van der Waals surface area contributed by atoms with Gasteiger partial charge in [-0.25, -0.2) is 0 Å². The molecule has 0 bridgehead atoms. The Hall–Kier alpha value is -1.43. The molecule has 1 unspecified atom stereocenters. The Bertz CT molecular complexity index is 433. The van der Waals surface area contributed by atoms with Crippen LogP contribution in [0.1, 0.15) is 30.0 Å². The van der Waals surface area contributed by atoms with Gasteiger partial charge >= 0.3 is 6.18 Å². The van der Waals surface area contributed by atoms with E-state index in [1.807, 2.05) is 0 Å². The average molecular weight is 277 g/mol. The molecule has 0 heterocycles. The summed E-state index contributed by atoms with van der Waals surface area (Å²) >= 11 is 0. The van der Waals surface area contributed by atoms with E-state index in [0.717, 1.165) is 5.56 Å². The summed E-state index contributed by atoms with van der Waals surface area (Å²) in [6.07, 6.45) is -5.25. The normalized spacial score (nSPS) is 13.2.